The third-order valence-corrected chi connectivity index (χ3v) is 2.02. The van der Waals surface area contributed by atoms with E-state index >= 15 is 0 Å². The Morgan fingerprint density at radius 3 is 1.92 bits per heavy atom. The molecule has 0 aromatic heterocycles. The molecule has 0 bridgehead atoms. The van der Waals surface area contributed by atoms with Gasteiger partial charge in [-0.3, -0.25) is 0 Å². The van der Waals surface area contributed by atoms with Gasteiger partial charge in [-0.25, -0.2) is 0 Å². The zero-order chi connectivity index (χ0) is 10.1. The highest BCUT2D eigenvalue weighted by molar-refractivity contribution is 5.26. The molecule has 0 amide bonds. The van der Waals surface area contributed by atoms with Crippen molar-refractivity contribution in [1.29, 1.82) is 0 Å². The van der Waals surface area contributed by atoms with Gasteiger partial charge in [0, 0.05) is 0 Å². The van der Waals surface area contributed by atoms with Gasteiger partial charge < -0.3 is 0 Å². The number of hydrogen-bond acceptors (Lipinski definition) is 0. The molecule has 0 unspecified atom stereocenters. The second-order valence-electron chi connectivity index (χ2n) is 2.87. The summed E-state index contributed by atoms with van der Waals surface area (Å²) in [5.41, 5.74) is 3.03. The van der Waals surface area contributed by atoms with Gasteiger partial charge in [0.25, 0.3) is 0 Å². The zero-order valence-corrected chi connectivity index (χ0v) is 9.43. The van der Waals surface area contributed by atoms with Crippen molar-refractivity contribution in [3.8, 4) is 0 Å². The molecule has 0 saturated heterocycles. The highest BCUT2D eigenvalue weighted by Gasteiger charge is 1.96. The molecule has 74 valence electrons. The molecule has 1 aromatic carbocycles. The average Bonchev–Trinajstić information content (AvgIpc) is 2.22. The minimum absolute atomic E-state index is 1.16. The van der Waals surface area contributed by atoms with Gasteiger partial charge in [-0.2, -0.15) is 0 Å². The molecule has 0 saturated carbocycles. The summed E-state index contributed by atoms with van der Waals surface area (Å²) >= 11 is 0. The van der Waals surface area contributed by atoms with Gasteiger partial charge in [0.2, 0.25) is 0 Å². The Kier molecular flexibility index (Phi) is 7.38. The smallest absolute Gasteiger partial charge is 0.0279 e. The van der Waals surface area contributed by atoms with Crippen LogP contribution in [0.3, 0.4) is 0 Å². The van der Waals surface area contributed by atoms with Crippen LogP contribution in [0.4, 0.5) is 0 Å². The molecular formula is C13H22. The molecule has 0 fully saturated rings. The predicted molar refractivity (Wildman–Crippen MR) is 61.2 cm³/mol. The van der Waals surface area contributed by atoms with Gasteiger partial charge in [-0.1, -0.05) is 58.4 Å². The lowest BCUT2D eigenvalue weighted by Crippen LogP contribution is -1.90. The fraction of sp³-hybridized carbons (Fsp3) is 0.538. The van der Waals surface area contributed by atoms with Gasteiger partial charge in [-0.15, -0.1) is 0 Å². The Bertz CT molecular complexity index is 213. The van der Waals surface area contributed by atoms with E-state index in [2.05, 4.69) is 38.1 Å². The van der Waals surface area contributed by atoms with Crippen molar-refractivity contribution in [3.63, 3.8) is 0 Å². The van der Waals surface area contributed by atoms with Crippen LogP contribution in [-0.2, 0) is 12.8 Å². The first-order chi connectivity index (χ1) is 6.38. The maximum absolute atomic E-state index is 2.24. The second-order valence-corrected chi connectivity index (χ2v) is 2.87. The van der Waals surface area contributed by atoms with Crippen LogP contribution in [0.15, 0.2) is 24.3 Å². The SMILES string of the molecule is CC.CCCc1ccccc1CC. The third-order valence-electron chi connectivity index (χ3n) is 2.02. The van der Waals surface area contributed by atoms with Crippen molar-refractivity contribution in [2.75, 3.05) is 0 Å². The zero-order valence-electron chi connectivity index (χ0n) is 9.43. The molecule has 0 heterocycles. The van der Waals surface area contributed by atoms with Gasteiger partial charge >= 0.3 is 0 Å². The standard InChI is InChI=1S/C11H16.C2H6/c1-3-7-11-9-6-5-8-10(11)4-2;1-2/h5-6,8-9H,3-4,7H2,1-2H3;1-2H3. The van der Waals surface area contributed by atoms with Crippen LogP contribution >= 0.6 is 0 Å². The topological polar surface area (TPSA) is 0 Å². The Labute approximate surface area is 83.0 Å². The van der Waals surface area contributed by atoms with E-state index in [0.29, 0.717) is 0 Å². The minimum atomic E-state index is 1.16. The summed E-state index contributed by atoms with van der Waals surface area (Å²) in [4.78, 5) is 0. The van der Waals surface area contributed by atoms with Gasteiger partial charge in [0.1, 0.15) is 0 Å². The second kappa shape index (κ2) is 7.85. The van der Waals surface area contributed by atoms with Crippen LogP contribution in [-0.4, -0.2) is 0 Å². The Morgan fingerprint density at radius 1 is 0.923 bits per heavy atom. The van der Waals surface area contributed by atoms with Crippen LogP contribution in [0.5, 0.6) is 0 Å². The largest absolute Gasteiger partial charge is 0.0683 e. The maximum atomic E-state index is 2.24. The van der Waals surface area contributed by atoms with Gasteiger partial charge in [-0.05, 0) is 24.0 Å². The van der Waals surface area contributed by atoms with Gasteiger partial charge in [0.05, 0.1) is 0 Å². The lowest BCUT2D eigenvalue weighted by atomic mass is 10.0. The van der Waals surface area contributed by atoms with Crippen molar-refractivity contribution < 1.29 is 0 Å². The van der Waals surface area contributed by atoms with Crippen LogP contribution in [0, 0.1) is 0 Å². The third kappa shape index (κ3) is 4.12. The molecule has 0 heteroatoms. The predicted octanol–water partition coefficient (Wildman–Crippen LogP) is 4.23. The van der Waals surface area contributed by atoms with Crippen LogP contribution < -0.4 is 0 Å². The summed E-state index contributed by atoms with van der Waals surface area (Å²) in [6, 6.07) is 8.72. The molecule has 0 radical (unpaired) electrons. The molecule has 0 aliphatic heterocycles. The van der Waals surface area contributed by atoms with E-state index in [9.17, 15) is 0 Å². The first-order valence-electron chi connectivity index (χ1n) is 5.45. The monoisotopic (exact) mass is 178 g/mol. The Morgan fingerprint density at radius 2 is 1.46 bits per heavy atom. The Hall–Kier alpha value is -0.780. The molecule has 0 nitrogen and oxygen atoms in total. The van der Waals surface area contributed by atoms with Crippen LogP contribution in [0.1, 0.15) is 45.2 Å². The molecular weight excluding hydrogens is 156 g/mol. The molecule has 1 rings (SSSR count). The molecule has 0 aliphatic rings. The highest BCUT2D eigenvalue weighted by Crippen LogP contribution is 2.10. The van der Waals surface area contributed by atoms with Crippen molar-refractivity contribution in [2.45, 2.75) is 47.0 Å². The van der Waals surface area contributed by atoms with E-state index in [0.717, 1.165) is 6.42 Å². The molecule has 0 aliphatic carbocycles. The number of rotatable bonds is 3. The molecule has 0 N–H and O–H groups in total. The maximum Gasteiger partial charge on any atom is -0.0279 e. The van der Waals surface area contributed by atoms with E-state index < -0.39 is 0 Å². The molecule has 13 heavy (non-hydrogen) atoms. The quantitative estimate of drug-likeness (QED) is 0.650. The van der Waals surface area contributed by atoms with E-state index in [1.54, 1.807) is 0 Å². The van der Waals surface area contributed by atoms with E-state index in [4.69, 9.17) is 0 Å². The van der Waals surface area contributed by atoms with Crippen LogP contribution in [0.25, 0.3) is 0 Å². The summed E-state index contributed by atoms with van der Waals surface area (Å²) in [6.45, 7) is 8.45. The average molecular weight is 178 g/mol. The fourth-order valence-electron chi connectivity index (χ4n) is 1.42. The fourth-order valence-corrected chi connectivity index (χ4v) is 1.42. The molecule has 1 aromatic rings. The van der Waals surface area contributed by atoms with Crippen LogP contribution in [0.2, 0.25) is 0 Å². The normalized spacial score (nSPS) is 8.92. The van der Waals surface area contributed by atoms with Crippen molar-refractivity contribution in [1.82, 2.24) is 0 Å². The molecule has 0 atom stereocenters. The minimum Gasteiger partial charge on any atom is -0.0683 e. The number of aryl methyl sites for hydroxylation is 2. The lowest BCUT2D eigenvalue weighted by molar-refractivity contribution is 0.899. The summed E-state index contributed by atoms with van der Waals surface area (Å²) in [5, 5.41) is 0. The number of hydrogen-bond donors (Lipinski definition) is 0. The van der Waals surface area contributed by atoms with Crippen molar-refractivity contribution in [2.24, 2.45) is 0 Å². The summed E-state index contributed by atoms with van der Waals surface area (Å²) in [7, 11) is 0. The van der Waals surface area contributed by atoms with E-state index in [-0.39, 0.29) is 0 Å². The summed E-state index contributed by atoms with van der Waals surface area (Å²) in [5.74, 6) is 0. The first-order valence-corrected chi connectivity index (χ1v) is 5.45. The van der Waals surface area contributed by atoms with E-state index in [1.807, 2.05) is 13.8 Å². The first kappa shape index (κ1) is 12.2. The summed E-state index contributed by atoms with van der Waals surface area (Å²) < 4.78 is 0. The molecule has 0 spiro atoms. The van der Waals surface area contributed by atoms with Gasteiger partial charge in [0.15, 0.2) is 0 Å². The van der Waals surface area contributed by atoms with Crippen molar-refractivity contribution in [3.05, 3.63) is 35.4 Å². The number of benzene rings is 1. The van der Waals surface area contributed by atoms with E-state index in [1.165, 1.54) is 24.0 Å². The Balaban J connectivity index is 0.000000671. The lowest BCUT2D eigenvalue weighted by Gasteiger charge is -2.04. The summed E-state index contributed by atoms with van der Waals surface area (Å²) in [6.07, 6.45) is 3.64. The highest BCUT2D eigenvalue weighted by atomic mass is 14.0. The van der Waals surface area contributed by atoms with Crippen molar-refractivity contribution >= 4 is 0 Å².